The van der Waals surface area contributed by atoms with E-state index in [9.17, 15) is 5.11 Å². The molecule has 1 aromatic carbocycles. The fraction of sp³-hybridized carbons (Fsp3) is 0.647. The molecule has 1 spiro atoms. The highest BCUT2D eigenvalue weighted by atomic mass is 16.5. The third-order valence-electron chi connectivity index (χ3n) is 4.51. The quantitative estimate of drug-likeness (QED) is 0.930. The van der Waals surface area contributed by atoms with E-state index in [-0.39, 0.29) is 11.7 Å². The van der Waals surface area contributed by atoms with Gasteiger partial charge in [-0.1, -0.05) is 18.2 Å². The highest BCUT2D eigenvalue weighted by Gasteiger charge is 2.40. The number of hydrogen-bond donors (Lipinski definition) is 1. The summed E-state index contributed by atoms with van der Waals surface area (Å²) in [6.45, 7) is 4.06. The molecule has 0 amide bonds. The molecule has 2 heterocycles. The van der Waals surface area contributed by atoms with Crippen molar-refractivity contribution < 1.29 is 19.3 Å². The summed E-state index contributed by atoms with van der Waals surface area (Å²) in [4.78, 5) is 0. The number of ether oxygens (including phenoxy) is 3. The van der Waals surface area contributed by atoms with Crippen LogP contribution in [0.2, 0.25) is 0 Å². The molecule has 4 heteroatoms. The van der Waals surface area contributed by atoms with E-state index >= 15 is 0 Å². The molecule has 2 saturated heterocycles. The minimum Gasteiger partial charge on any atom is -0.490 e. The van der Waals surface area contributed by atoms with Crippen molar-refractivity contribution in [3.63, 3.8) is 0 Å². The predicted octanol–water partition coefficient (Wildman–Crippen LogP) is 2.85. The second kappa shape index (κ2) is 6.34. The second-order valence-corrected chi connectivity index (χ2v) is 6.09. The summed E-state index contributed by atoms with van der Waals surface area (Å²) in [6.07, 6.45) is 3.34. The summed E-state index contributed by atoms with van der Waals surface area (Å²) < 4.78 is 17.7. The molecule has 2 aliphatic rings. The Balaban J connectivity index is 1.70. The molecule has 0 radical (unpaired) electrons. The van der Waals surface area contributed by atoms with Gasteiger partial charge in [0.15, 0.2) is 0 Å². The maximum Gasteiger partial charge on any atom is 0.125 e. The monoisotopic (exact) mass is 292 g/mol. The molecule has 4 nitrogen and oxygen atoms in total. The third-order valence-corrected chi connectivity index (χ3v) is 4.51. The first-order valence-electron chi connectivity index (χ1n) is 7.84. The predicted molar refractivity (Wildman–Crippen MR) is 79.5 cm³/mol. The van der Waals surface area contributed by atoms with E-state index in [2.05, 4.69) is 0 Å². The number of rotatable bonds is 3. The number of hydrogen-bond acceptors (Lipinski definition) is 4. The number of aliphatic hydroxyl groups excluding tert-OH is 1. The Labute approximate surface area is 126 Å². The molecule has 2 aliphatic heterocycles. The van der Waals surface area contributed by atoms with Gasteiger partial charge in [0, 0.05) is 31.6 Å². The first kappa shape index (κ1) is 14.8. The van der Waals surface area contributed by atoms with Gasteiger partial charge in [0.25, 0.3) is 0 Å². The lowest BCUT2D eigenvalue weighted by molar-refractivity contribution is -0.155. The first-order valence-corrected chi connectivity index (χ1v) is 7.84. The molecule has 116 valence electrons. The Kier molecular flexibility index (Phi) is 4.48. The largest absolute Gasteiger partial charge is 0.490 e. The maximum atomic E-state index is 9.86. The van der Waals surface area contributed by atoms with Gasteiger partial charge in [-0.2, -0.15) is 0 Å². The van der Waals surface area contributed by atoms with Gasteiger partial charge in [-0.05, 0) is 25.8 Å². The van der Waals surface area contributed by atoms with E-state index in [4.69, 9.17) is 14.2 Å². The van der Waals surface area contributed by atoms with Crippen molar-refractivity contribution in [3.8, 4) is 5.75 Å². The Bertz CT molecular complexity index is 460. The molecule has 21 heavy (non-hydrogen) atoms. The van der Waals surface area contributed by atoms with Crippen LogP contribution in [0.5, 0.6) is 5.75 Å². The van der Waals surface area contributed by atoms with E-state index in [0.29, 0.717) is 0 Å². The van der Waals surface area contributed by atoms with Crippen LogP contribution in [0.3, 0.4) is 0 Å². The summed E-state index contributed by atoms with van der Waals surface area (Å²) in [7, 11) is 0. The molecule has 0 bridgehead atoms. The molecule has 2 fully saturated rings. The number of aliphatic hydroxyl groups is 1. The van der Waals surface area contributed by atoms with Gasteiger partial charge in [-0.15, -0.1) is 0 Å². The maximum absolute atomic E-state index is 9.86. The zero-order valence-electron chi connectivity index (χ0n) is 12.6. The number of para-hydroxylation sites is 1. The summed E-state index contributed by atoms with van der Waals surface area (Å²) in [5, 5.41) is 9.86. The lowest BCUT2D eigenvalue weighted by Gasteiger charge is -2.43. The van der Waals surface area contributed by atoms with E-state index in [1.807, 2.05) is 24.3 Å². The van der Waals surface area contributed by atoms with Crippen LogP contribution in [0.25, 0.3) is 0 Å². The van der Waals surface area contributed by atoms with Crippen molar-refractivity contribution in [2.75, 3.05) is 19.8 Å². The summed E-state index contributed by atoms with van der Waals surface area (Å²) in [5.74, 6) is 0.793. The van der Waals surface area contributed by atoms with Gasteiger partial charge in [0.1, 0.15) is 11.9 Å². The molecule has 2 atom stereocenters. The van der Waals surface area contributed by atoms with Gasteiger partial charge in [0.05, 0.1) is 18.3 Å². The number of benzene rings is 1. The molecule has 1 aromatic rings. The van der Waals surface area contributed by atoms with Crippen LogP contribution in [0.1, 0.15) is 44.3 Å². The summed E-state index contributed by atoms with van der Waals surface area (Å²) >= 11 is 0. The zero-order chi connectivity index (χ0) is 14.7. The highest BCUT2D eigenvalue weighted by molar-refractivity contribution is 5.35. The molecule has 0 saturated carbocycles. The minimum absolute atomic E-state index is 0.0685. The van der Waals surface area contributed by atoms with Crippen LogP contribution in [0, 0.1) is 0 Å². The van der Waals surface area contributed by atoms with Crippen LogP contribution < -0.4 is 4.74 Å². The van der Waals surface area contributed by atoms with Crippen molar-refractivity contribution in [1.29, 1.82) is 0 Å². The van der Waals surface area contributed by atoms with Gasteiger partial charge < -0.3 is 19.3 Å². The molecule has 1 N–H and O–H groups in total. The summed E-state index contributed by atoms with van der Waals surface area (Å²) in [6, 6.07) is 7.74. The van der Waals surface area contributed by atoms with Crippen molar-refractivity contribution in [2.24, 2.45) is 0 Å². The fourth-order valence-corrected chi connectivity index (χ4v) is 3.29. The van der Waals surface area contributed by atoms with E-state index < -0.39 is 6.10 Å². The normalized spacial score (nSPS) is 26.5. The molecule has 0 aliphatic carbocycles. The van der Waals surface area contributed by atoms with Crippen molar-refractivity contribution in [3.05, 3.63) is 29.8 Å². The Morgan fingerprint density at radius 1 is 1.24 bits per heavy atom. The zero-order valence-corrected chi connectivity index (χ0v) is 12.6. The van der Waals surface area contributed by atoms with E-state index in [0.717, 1.165) is 56.8 Å². The SMILES string of the molecule is CC(O)c1ccccc1OC1CCOC2(CCOCC2)C1. The average Bonchev–Trinajstić information content (AvgIpc) is 2.48. The first-order chi connectivity index (χ1) is 10.2. The smallest absolute Gasteiger partial charge is 0.125 e. The van der Waals surface area contributed by atoms with E-state index in [1.165, 1.54) is 0 Å². The molecule has 2 unspecified atom stereocenters. The van der Waals surface area contributed by atoms with E-state index in [1.54, 1.807) is 6.92 Å². The van der Waals surface area contributed by atoms with Crippen molar-refractivity contribution in [2.45, 2.75) is 50.4 Å². The van der Waals surface area contributed by atoms with Gasteiger partial charge in [-0.25, -0.2) is 0 Å². The summed E-state index contributed by atoms with van der Waals surface area (Å²) in [5.41, 5.74) is 0.783. The van der Waals surface area contributed by atoms with Crippen LogP contribution in [0.4, 0.5) is 0 Å². The Hall–Kier alpha value is -1.10. The Morgan fingerprint density at radius 2 is 2.00 bits per heavy atom. The minimum atomic E-state index is -0.516. The second-order valence-electron chi connectivity index (χ2n) is 6.09. The van der Waals surface area contributed by atoms with Crippen molar-refractivity contribution in [1.82, 2.24) is 0 Å². The van der Waals surface area contributed by atoms with Crippen LogP contribution in [-0.2, 0) is 9.47 Å². The lowest BCUT2D eigenvalue weighted by atomic mass is 9.85. The van der Waals surface area contributed by atoms with Gasteiger partial charge in [0.2, 0.25) is 0 Å². The van der Waals surface area contributed by atoms with Crippen LogP contribution >= 0.6 is 0 Å². The van der Waals surface area contributed by atoms with Crippen LogP contribution in [-0.4, -0.2) is 36.6 Å². The average molecular weight is 292 g/mol. The standard InChI is InChI=1S/C17H24O4/c1-13(18)15-4-2-3-5-16(15)21-14-6-9-20-17(12-14)7-10-19-11-8-17/h2-5,13-14,18H,6-12H2,1H3. The third kappa shape index (κ3) is 3.39. The van der Waals surface area contributed by atoms with Gasteiger partial charge >= 0.3 is 0 Å². The topological polar surface area (TPSA) is 47.9 Å². The van der Waals surface area contributed by atoms with Gasteiger partial charge in [-0.3, -0.25) is 0 Å². The molecule has 0 aromatic heterocycles. The molecule has 3 rings (SSSR count). The molecular weight excluding hydrogens is 268 g/mol. The van der Waals surface area contributed by atoms with Crippen molar-refractivity contribution >= 4 is 0 Å². The lowest BCUT2D eigenvalue weighted by Crippen LogP contribution is -2.47. The van der Waals surface area contributed by atoms with Crippen LogP contribution in [0.15, 0.2) is 24.3 Å². The highest BCUT2D eigenvalue weighted by Crippen LogP contribution is 2.36. The molecular formula is C17H24O4. The Morgan fingerprint density at radius 3 is 2.76 bits per heavy atom. The fourth-order valence-electron chi connectivity index (χ4n) is 3.29.